The third kappa shape index (κ3) is 3.35. The highest BCUT2D eigenvalue weighted by Gasteiger charge is 2.26. The normalized spacial score (nSPS) is 24.3. The molecule has 0 amide bonds. The largest absolute Gasteiger partial charge is 0.316 e. The molecule has 3 nitrogen and oxygen atoms in total. The summed E-state index contributed by atoms with van der Waals surface area (Å²) in [5.41, 5.74) is 1.46. The zero-order chi connectivity index (χ0) is 12.8. The summed E-state index contributed by atoms with van der Waals surface area (Å²) < 4.78 is 2.06. The van der Waals surface area contributed by atoms with E-state index in [1.54, 1.807) is 0 Å². The number of hydrogen-bond donors (Lipinski definition) is 1. The highest BCUT2D eigenvalue weighted by atomic mass is 15.3. The molecule has 0 bridgehead atoms. The van der Waals surface area contributed by atoms with Gasteiger partial charge in [0.1, 0.15) is 0 Å². The van der Waals surface area contributed by atoms with Crippen LogP contribution in [0.1, 0.15) is 57.4 Å². The number of nitrogens with zero attached hydrogens (tertiary/aromatic N) is 2. The molecule has 1 saturated carbocycles. The van der Waals surface area contributed by atoms with Crippen LogP contribution in [0, 0.1) is 5.92 Å². The molecular formula is C15H27N3. The Labute approximate surface area is 111 Å². The van der Waals surface area contributed by atoms with Gasteiger partial charge >= 0.3 is 0 Å². The molecule has 2 rings (SSSR count). The van der Waals surface area contributed by atoms with E-state index in [0.717, 1.165) is 24.9 Å². The molecule has 18 heavy (non-hydrogen) atoms. The number of aryl methyl sites for hydroxylation is 1. The molecule has 1 N–H and O–H groups in total. The summed E-state index contributed by atoms with van der Waals surface area (Å²) in [6.45, 7) is 7.69. The van der Waals surface area contributed by atoms with Crippen molar-refractivity contribution in [2.24, 2.45) is 5.92 Å². The van der Waals surface area contributed by atoms with Crippen molar-refractivity contribution < 1.29 is 0 Å². The first kappa shape index (κ1) is 13.6. The maximum absolute atomic E-state index is 4.44. The Morgan fingerprint density at radius 1 is 1.33 bits per heavy atom. The third-order valence-corrected chi connectivity index (χ3v) is 4.15. The lowest BCUT2D eigenvalue weighted by molar-refractivity contribution is 0.296. The van der Waals surface area contributed by atoms with E-state index in [0.29, 0.717) is 0 Å². The van der Waals surface area contributed by atoms with Crippen molar-refractivity contribution in [1.82, 2.24) is 15.1 Å². The summed E-state index contributed by atoms with van der Waals surface area (Å²) in [6.07, 6.45) is 11.1. The number of rotatable bonds is 6. The lowest BCUT2D eigenvalue weighted by Crippen LogP contribution is -2.29. The minimum Gasteiger partial charge on any atom is -0.316 e. The molecule has 102 valence electrons. The minimum atomic E-state index is 0.725. The smallest absolute Gasteiger partial charge is 0.0524 e. The standard InChI is InChI=1S/C15H27N3/c1-3-9-16-10-13-7-5-6-8-15(13)14-11-17-18(4-2)12-14/h11-13,15-16H,3-10H2,1-2H3. The van der Waals surface area contributed by atoms with Crippen LogP contribution in [0.15, 0.2) is 12.4 Å². The van der Waals surface area contributed by atoms with Gasteiger partial charge in [-0.15, -0.1) is 0 Å². The zero-order valence-corrected chi connectivity index (χ0v) is 11.9. The lowest BCUT2D eigenvalue weighted by Gasteiger charge is -2.31. The summed E-state index contributed by atoms with van der Waals surface area (Å²) in [5, 5.41) is 8.04. The molecule has 1 aromatic rings. The summed E-state index contributed by atoms with van der Waals surface area (Å²) in [7, 11) is 0. The van der Waals surface area contributed by atoms with Crippen LogP contribution < -0.4 is 5.32 Å². The van der Waals surface area contributed by atoms with Crippen molar-refractivity contribution in [1.29, 1.82) is 0 Å². The first-order valence-electron chi connectivity index (χ1n) is 7.58. The van der Waals surface area contributed by atoms with Crippen molar-refractivity contribution >= 4 is 0 Å². The van der Waals surface area contributed by atoms with E-state index < -0.39 is 0 Å². The van der Waals surface area contributed by atoms with Crippen LogP contribution in [0.25, 0.3) is 0 Å². The maximum Gasteiger partial charge on any atom is 0.0524 e. The van der Waals surface area contributed by atoms with Gasteiger partial charge in [0, 0.05) is 12.7 Å². The van der Waals surface area contributed by atoms with Crippen LogP contribution in [-0.4, -0.2) is 22.9 Å². The van der Waals surface area contributed by atoms with Gasteiger partial charge in [0.25, 0.3) is 0 Å². The highest BCUT2D eigenvalue weighted by Crippen LogP contribution is 2.37. The predicted molar refractivity (Wildman–Crippen MR) is 75.8 cm³/mol. The molecule has 1 aliphatic rings. The summed E-state index contributed by atoms with van der Waals surface area (Å²) in [4.78, 5) is 0. The van der Waals surface area contributed by atoms with E-state index in [4.69, 9.17) is 0 Å². The second-order valence-electron chi connectivity index (χ2n) is 5.48. The Kier molecular flexibility index (Phi) is 5.24. The fourth-order valence-electron chi connectivity index (χ4n) is 3.10. The van der Waals surface area contributed by atoms with Crippen LogP contribution in [0.3, 0.4) is 0 Å². The van der Waals surface area contributed by atoms with Gasteiger partial charge in [-0.2, -0.15) is 5.10 Å². The molecule has 0 spiro atoms. The first-order chi connectivity index (χ1) is 8.85. The highest BCUT2D eigenvalue weighted by molar-refractivity contribution is 5.14. The maximum atomic E-state index is 4.44. The molecule has 1 aromatic heterocycles. The molecule has 2 atom stereocenters. The molecular weight excluding hydrogens is 222 g/mol. The Balaban J connectivity index is 1.98. The van der Waals surface area contributed by atoms with Gasteiger partial charge in [-0.25, -0.2) is 0 Å². The molecule has 0 aliphatic heterocycles. The molecule has 0 aromatic carbocycles. The van der Waals surface area contributed by atoms with Gasteiger partial charge in [-0.3, -0.25) is 4.68 Å². The van der Waals surface area contributed by atoms with Gasteiger partial charge in [0.2, 0.25) is 0 Å². The quantitative estimate of drug-likeness (QED) is 0.785. The van der Waals surface area contributed by atoms with E-state index in [1.807, 2.05) is 0 Å². The van der Waals surface area contributed by atoms with E-state index >= 15 is 0 Å². The minimum absolute atomic E-state index is 0.725. The van der Waals surface area contributed by atoms with E-state index in [-0.39, 0.29) is 0 Å². The van der Waals surface area contributed by atoms with E-state index in [9.17, 15) is 0 Å². The molecule has 2 unspecified atom stereocenters. The number of aromatic nitrogens is 2. The zero-order valence-electron chi connectivity index (χ0n) is 11.9. The SMILES string of the molecule is CCCNCC1CCCCC1c1cnn(CC)c1. The van der Waals surface area contributed by atoms with Crippen molar-refractivity contribution in [3.05, 3.63) is 18.0 Å². The molecule has 0 saturated heterocycles. The van der Waals surface area contributed by atoms with Crippen molar-refractivity contribution in [2.45, 2.75) is 58.4 Å². The third-order valence-electron chi connectivity index (χ3n) is 4.15. The van der Waals surface area contributed by atoms with Crippen LogP contribution in [0.4, 0.5) is 0 Å². The Bertz CT molecular complexity index is 345. The second kappa shape index (κ2) is 6.93. The summed E-state index contributed by atoms with van der Waals surface area (Å²) >= 11 is 0. The van der Waals surface area contributed by atoms with Crippen LogP contribution in [-0.2, 0) is 6.54 Å². The lowest BCUT2D eigenvalue weighted by atomic mass is 9.76. The molecule has 0 radical (unpaired) electrons. The molecule has 3 heteroatoms. The molecule has 1 aliphatic carbocycles. The topological polar surface area (TPSA) is 29.9 Å². The van der Waals surface area contributed by atoms with Crippen molar-refractivity contribution in [3.8, 4) is 0 Å². The van der Waals surface area contributed by atoms with Gasteiger partial charge < -0.3 is 5.32 Å². The Morgan fingerprint density at radius 3 is 2.89 bits per heavy atom. The number of nitrogens with one attached hydrogen (secondary N) is 1. The van der Waals surface area contributed by atoms with Gasteiger partial charge in [-0.1, -0.05) is 19.8 Å². The Hall–Kier alpha value is -0.830. The van der Waals surface area contributed by atoms with E-state index in [1.165, 1.54) is 44.2 Å². The average Bonchev–Trinajstić information content (AvgIpc) is 2.88. The van der Waals surface area contributed by atoms with Crippen LogP contribution in [0.5, 0.6) is 0 Å². The molecule has 1 fully saturated rings. The van der Waals surface area contributed by atoms with Gasteiger partial charge in [-0.05, 0) is 56.7 Å². The van der Waals surface area contributed by atoms with Crippen LogP contribution >= 0.6 is 0 Å². The molecule has 1 heterocycles. The fraction of sp³-hybridized carbons (Fsp3) is 0.800. The van der Waals surface area contributed by atoms with Gasteiger partial charge in [0.15, 0.2) is 0 Å². The predicted octanol–water partition coefficient (Wildman–Crippen LogP) is 3.18. The van der Waals surface area contributed by atoms with E-state index in [2.05, 4.69) is 41.3 Å². The van der Waals surface area contributed by atoms with Crippen molar-refractivity contribution in [3.63, 3.8) is 0 Å². The monoisotopic (exact) mass is 249 g/mol. The van der Waals surface area contributed by atoms with Crippen LogP contribution in [0.2, 0.25) is 0 Å². The Morgan fingerprint density at radius 2 is 2.17 bits per heavy atom. The summed E-state index contributed by atoms with van der Waals surface area (Å²) in [5.74, 6) is 1.53. The van der Waals surface area contributed by atoms with Crippen molar-refractivity contribution in [2.75, 3.05) is 13.1 Å². The van der Waals surface area contributed by atoms with Gasteiger partial charge in [0.05, 0.1) is 6.20 Å². The fourth-order valence-corrected chi connectivity index (χ4v) is 3.10. The number of hydrogen-bond acceptors (Lipinski definition) is 2. The second-order valence-corrected chi connectivity index (χ2v) is 5.48. The average molecular weight is 249 g/mol. The summed E-state index contributed by atoms with van der Waals surface area (Å²) in [6, 6.07) is 0. The first-order valence-corrected chi connectivity index (χ1v) is 7.58.